The molecule has 1 aromatic heterocycles. The average Bonchev–Trinajstić information content (AvgIpc) is 3.15. The highest BCUT2D eigenvalue weighted by Crippen LogP contribution is 2.38. The Hall–Kier alpha value is -3.65. The van der Waals surface area contributed by atoms with Crippen molar-refractivity contribution in [2.24, 2.45) is 0 Å². The third kappa shape index (κ3) is 4.05. The van der Waals surface area contributed by atoms with Crippen LogP contribution in [0.3, 0.4) is 0 Å². The van der Waals surface area contributed by atoms with Crippen molar-refractivity contribution in [2.45, 2.75) is 19.9 Å². The fourth-order valence-corrected chi connectivity index (χ4v) is 4.41. The first kappa shape index (κ1) is 23.5. The molecule has 1 aliphatic heterocycles. The third-order valence-electron chi connectivity index (χ3n) is 6.37. The first-order valence-corrected chi connectivity index (χ1v) is 11.3. The fraction of sp³-hybridized carbons (Fsp3) is 0.346. The molecular weight excluding hydrogens is 436 g/mol. The molecule has 0 bridgehead atoms. The minimum Gasteiger partial charge on any atom is -0.497 e. The number of nitrogens with zero attached hydrogens (tertiary/aromatic N) is 2. The number of methoxy groups -OCH3 is 2. The van der Waals surface area contributed by atoms with Crippen molar-refractivity contribution < 1.29 is 23.5 Å². The maximum absolute atomic E-state index is 13.6. The highest BCUT2D eigenvalue weighted by atomic mass is 16.5. The van der Waals surface area contributed by atoms with Crippen LogP contribution in [0, 0.1) is 0 Å². The summed E-state index contributed by atoms with van der Waals surface area (Å²) in [6, 6.07) is 11.1. The summed E-state index contributed by atoms with van der Waals surface area (Å²) in [5.74, 6) is -0.194. The number of hydrogen-bond donors (Lipinski definition) is 0. The van der Waals surface area contributed by atoms with E-state index in [1.165, 1.54) is 14.2 Å². The van der Waals surface area contributed by atoms with Gasteiger partial charge in [0.1, 0.15) is 11.3 Å². The Morgan fingerprint density at radius 2 is 1.76 bits per heavy atom. The van der Waals surface area contributed by atoms with Crippen LogP contribution >= 0.6 is 0 Å². The number of carbonyl (C=O) groups excluding carboxylic acids is 2. The third-order valence-corrected chi connectivity index (χ3v) is 6.37. The van der Waals surface area contributed by atoms with E-state index < -0.39 is 12.0 Å². The van der Waals surface area contributed by atoms with E-state index in [1.54, 1.807) is 47.4 Å². The van der Waals surface area contributed by atoms with Gasteiger partial charge in [0.05, 0.1) is 36.8 Å². The van der Waals surface area contributed by atoms with Crippen LogP contribution in [-0.2, 0) is 4.74 Å². The van der Waals surface area contributed by atoms with Crippen LogP contribution in [-0.4, -0.2) is 62.1 Å². The van der Waals surface area contributed by atoms with Crippen LogP contribution in [0.4, 0.5) is 0 Å². The summed E-state index contributed by atoms with van der Waals surface area (Å²) in [6.07, 6.45) is 0. The molecule has 2 aromatic carbocycles. The number of fused-ring (bicyclic) bond motifs is 2. The molecule has 4 rings (SSSR count). The van der Waals surface area contributed by atoms with Gasteiger partial charge in [-0.3, -0.25) is 9.59 Å². The second-order valence-electron chi connectivity index (χ2n) is 8.08. The molecule has 8 nitrogen and oxygen atoms in total. The van der Waals surface area contributed by atoms with E-state index in [9.17, 15) is 14.4 Å². The van der Waals surface area contributed by atoms with Crippen LogP contribution in [0.2, 0.25) is 0 Å². The number of amides is 1. The molecule has 0 N–H and O–H groups in total. The summed E-state index contributed by atoms with van der Waals surface area (Å²) >= 11 is 0. The van der Waals surface area contributed by atoms with Crippen molar-refractivity contribution in [1.29, 1.82) is 0 Å². The first-order chi connectivity index (χ1) is 16.4. The lowest BCUT2D eigenvalue weighted by molar-refractivity contribution is 0.0599. The monoisotopic (exact) mass is 464 g/mol. The Morgan fingerprint density at radius 1 is 1.06 bits per heavy atom. The van der Waals surface area contributed by atoms with Crippen LogP contribution in [0.5, 0.6) is 5.75 Å². The molecule has 2 heterocycles. The number of rotatable bonds is 8. The van der Waals surface area contributed by atoms with E-state index in [-0.39, 0.29) is 17.1 Å². The Balaban J connectivity index is 1.85. The molecule has 1 amide bonds. The Bertz CT molecular complexity index is 1280. The van der Waals surface area contributed by atoms with E-state index in [0.29, 0.717) is 40.9 Å². The van der Waals surface area contributed by atoms with Crippen LogP contribution in [0.15, 0.2) is 51.7 Å². The van der Waals surface area contributed by atoms with Gasteiger partial charge in [-0.15, -0.1) is 0 Å². The van der Waals surface area contributed by atoms with Gasteiger partial charge < -0.3 is 23.7 Å². The van der Waals surface area contributed by atoms with E-state index in [1.807, 2.05) is 0 Å². The Kier molecular flexibility index (Phi) is 6.70. The van der Waals surface area contributed by atoms with Crippen LogP contribution in [0.25, 0.3) is 11.0 Å². The topological polar surface area (TPSA) is 89.3 Å². The summed E-state index contributed by atoms with van der Waals surface area (Å²) in [7, 11) is 2.85. The highest BCUT2D eigenvalue weighted by molar-refractivity contribution is 5.99. The maximum Gasteiger partial charge on any atom is 0.337 e. The minimum absolute atomic E-state index is 0.0485. The van der Waals surface area contributed by atoms with Crippen molar-refractivity contribution in [3.05, 3.63) is 75.1 Å². The standard InChI is InChI=1S/C26H28N2O6/c1-5-27(6-2)13-14-28-22(16-7-9-17(10-8-16)26(31)33-4)21-23(29)19-12-11-18(32-3)15-20(19)34-24(21)25(28)30/h7-12,15,22H,5-6,13-14H2,1-4H3. The van der Waals surface area contributed by atoms with Crippen LogP contribution < -0.4 is 10.2 Å². The lowest BCUT2D eigenvalue weighted by Gasteiger charge is -2.28. The quantitative estimate of drug-likeness (QED) is 0.472. The second kappa shape index (κ2) is 9.69. The lowest BCUT2D eigenvalue weighted by atomic mass is 9.97. The van der Waals surface area contributed by atoms with E-state index in [2.05, 4.69) is 18.7 Å². The van der Waals surface area contributed by atoms with Gasteiger partial charge in [-0.2, -0.15) is 0 Å². The molecule has 0 fully saturated rings. The number of benzene rings is 2. The summed E-state index contributed by atoms with van der Waals surface area (Å²) in [5, 5.41) is 0.383. The normalized spacial score (nSPS) is 15.1. The molecule has 0 saturated carbocycles. The molecule has 0 saturated heterocycles. The number of carbonyl (C=O) groups is 2. The van der Waals surface area contributed by atoms with Gasteiger partial charge in [-0.25, -0.2) is 4.79 Å². The predicted molar refractivity (Wildman–Crippen MR) is 127 cm³/mol. The number of ether oxygens (including phenoxy) is 2. The van der Waals surface area contributed by atoms with Gasteiger partial charge in [0.2, 0.25) is 5.76 Å². The molecule has 0 radical (unpaired) electrons. The lowest BCUT2D eigenvalue weighted by Crippen LogP contribution is -2.37. The summed E-state index contributed by atoms with van der Waals surface area (Å²) in [6.45, 7) is 6.92. The zero-order chi connectivity index (χ0) is 24.4. The molecule has 0 aliphatic carbocycles. The fourth-order valence-electron chi connectivity index (χ4n) is 4.41. The van der Waals surface area contributed by atoms with Gasteiger partial charge in [0.25, 0.3) is 5.91 Å². The van der Waals surface area contributed by atoms with E-state index in [4.69, 9.17) is 13.9 Å². The van der Waals surface area contributed by atoms with E-state index >= 15 is 0 Å². The molecule has 3 aromatic rings. The largest absolute Gasteiger partial charge is 0.497 e. The zero-order valence-electron chi connectivity index (χ0n) is 19.8. The highest BCUT2D eigenvalue weighted by Gasteiger charge is 2.42. The molecule has 0 spiro atoms. The van der Waals surface area contributed by atoms with Crippen molar-refractivity contribution >= 4 is 22.8 Å². The van der Waals surface area contributed by atoms with Gasteiger partial charge >= 0.3 is 5.97 Å². The number of likely N-dealkylation sites (N-methyl/N-ethyl adjacent to an activating group) is 1. The molecular formula is C26H28N2O6. The van der Waals surface area contributed by atoms with Gasteiger partial charge in [-0.05, 0) is 42.9 Å². The smallest absolute Gasteiger partial charge is 0.337 e. The first-order valence-electron chi connectivity index (χ1n) is 11.3. The number of esters is 1. The predicted octanol–water partition coefficient (Wildman–Crippen LogP) is 3.48. The number of hydrogen-bond acceptors (Lipinski definition) is 7. The zero-order valence-corrected chi connectivity index (χ0v) is 19.8. The molecule has 178 valence electrons. The maximum atomic E-state index is 13.6. The molecule has 1 unspecified atom stereocenters. The average molecular weight is 465 g/mol. The SMILES string of the molecule is CCN(CC)CCN1C(=O)c2oc3cc(OC)ccc3c(=O)c2C1c1ccc(C(=O)OC)cc1. The van der Waals surface area contributed by atoms with Gasteiger partial charge in [0.15, 0.2) is 5.43 Å². The minimum atomic E-state index is -0.618. The summed E-state index contributed by atoms with van der Waals surface area (Å²) < 4.78 is 16.0. The molecule has 1 atom stereocenters. The van der Waals surface area contributed by atoms with Gasteiger partial charge in [-0.1, -0.05) is 26.0 Å². The van der Waals surface area contributed by atoms with Crippen molar-refractivity contribution in [3.63, 3.8) is 0 Å². The van der Waals surface area contributed by atoms with Crippen molar-refractivity contribution in [1.82, 2.24) is 9.80 Å². The molecule has 34 heavy (non-hydrogen) atoms. The van der Waals surface area contributed by atoms with E-state index in [0.717, 1.165) is 18.7 Å². The molecule has 1 aliphatic rings. The second-order valence-corrected chi connectivity index (χ2v) is 8.08. The van der Waals surface area contributed by atoms with Gasteiger partial charge in [0, 0.05) is 19.2 Å². The molecule has 8 heteroatoms. The Labute approximate surface area is 197 Å². The van der Waals surface area contributed by atoms with Crippen molar-refractivity contribution in [3.8, 4) is 5.75 Å². The Morgan fingerprint density at radius 3 is 2.38 bits per heavy atom. The summed E-state index contributed by atoms with van der Waals surface area (Å²) in [5.41, 5.74) is 1.48. The summed E-state index contributed by atoms with van der Waals surface area (Å²) in [4.78, 5) is 42.9. The van der Waals surface area contributed by atoms with Crippen molar-refractivity contribution in [2.75, 3.05) is 40.4 Å². The van der Waals surface area contributed by atoms with Crippen LogP contribution in [0.1, 0.15) is 51.9 Å².